The minimum Gasteiger partial charge on any atom is -0.396 e. The molecule has 3 saturated heterocycles. The molecular formula is C53H102O13. The van der Waals surface area contributed by atoms with Gasteiger partial charge in [0, 0.05) is 52.5 Å². The van der Waals surface area contributed by atoms with E-state index in [4.69, 9.17) is 52.1 Å². The van der Waals surface area contributed by atoms with E-state index in [0.29, 0.717) is 117 Å². The van der Waals surface area contributed by atoms with Crippen LogP contribution in [0.5, 0.6) is 0 Å². The van der Waals surface area contributed by atoms with E-state index < -0.39 is 44.4 Å². The summed E-state index contributed by atoms with van der Waals surface area (Å²) in [6.07, 6.45) is 10.2. The zero-order chi connectivity index (χ0) is 49.2. The van der Waals surface area contributed by atoms with E-state index in [0.717, 1.165) is 25.7 Å². The standard InChI is InChI=1S/C53H102O13/c1-15-18-45(16-2)60-30-24-50(14)33-53(17-3,20-26-55)66-41-52(40-65-50,37-62-47(10,11)21-27-57-42(4)5)35-56-34-51(36-61-46(8,9)19-25-54)38-63-48(12)22-28-58-43(6)31-44(7)59-29-23-49(13,32-48)64-39-51/h42-45,54-55H,15-41H2,1-14H3. The first-order chi connectivity index (χ1) is 30.9. The van der Waals surface area contributed by atoms with Gasteiger partial charge in [-0.3, -0.25) is 0 Å². The van der Waals surface area contributed by atoms with Gasteiger partial charge in [-0.1, -0.05) is 27.2 Å². The Morgan fingerprint density at radius 1 is 0.652 bits per heavy atom. The third-order valence-electron chi connectivity index (χ3n) is 14.5. The van der Waals surface area contributed by atoms with Gasteiger partial charge in [0.2, 0.25) is 0 Å². The summed E-state index contributed by atoms with van der Waals surface area (Å²) in [5.74, 6) is 0. The van der Waals surface area contributed by atoms with Crippen molar-refractivity contribution in [3.63, 3.8) is 0 Å². The van der Waals surface area contributed by atoms with Crippen LogP contribution in [-0.4, -0.2) is 161 Å². The summed E-state index contributed by atoms with van der Waals surface area (Å²) in [5, 5.41) is 20.5. The molecular weight excluding hydrogens is 845 g/mol. The fourth-order valence-corrected chi connectivity index (χ4v) is 9.57. The van der Waals surface area contributed by atoms with E-state index in [9.17, 15) is 10.2 Å². The molecule has 66 heavy (non-hydrogen) atoms. The highest BCUT2D eigenvalue weighted by Gasteiger charge is 2.49. The van der Waals surface area contributed by atoms with Crippen LogP contribution >= 0.6 is 0 Å². The molecule has 0 spiro atoms. The number of rotatable bonds is 26. The number of ether oxygens (including phenoxy) is 11. The monoisotopic (exact) mass is 947 g/mol. The Morgan fingerprint density at radius 3 is 1.70 bits per heavy atom. The minimum absolute atomic E-state index is 0.000994. The first-order valence-electron chi connectivity index (χ1n) is 26.0. The predicted molar refractivity (Wildman–Crippen MR) is 260 cm³/mol. The number of aliphatic hydroxyl groups excluding tert-OH is 2. The van der Waals surface area contributed by atoms with Crippen molar-refractivity contribution in [1.82, 2.24) is 0 Å². The maximum Gasteiger partial charge on any atom is 0.0729 e. The molecule has 3 fully saturated rings. The molecule has 0 amide bonds. The van der Waals surface area contributed by atoms with Crippen LogP contribution in [0.25, 0.3) is 0 Å². The Morgan fingerprint density at radius 2 is 1.20 bits per heavy atom. The molecule has 2 N–H and O–H groups in total. The smallest absolute Gasteiger partial charge is 0.0729 e. The van der Waals surface area contributed by atoms with Gasteiger partial charge in [-0.2, -0.15) is 0 Å². The largest absolute Gasteiger partial charge is 0.396 e. The van der Waals surface area contributed by atoms with Crippen molar-refractivity contribution in [2.24, 2.45) is 10.8 Å². The first kappa shape index (κ1) is 59.8. The normalized spacial score (nSPS) is 34.1. The van der Waals surface area contributed by atoms with Gasteiger partial charge >= 0.3 is 0 Å². The van der Waals surface area contributed by atoms with Crippen molar-refractivity contribution < 1.29 is 62.3 Å². The molecule has 3 aliphatic heterocycles. The summed E-state index contributed by atoms with van der Waals surface area (Å²) in [6.45, 7) is 34.3. The van der Waals surface area contributed by atoms with E-state index in [-0.39, 0.29) is 57.5 Å². The number of aliphatic hydroxyl groups is 2. The highest BCUT2D eigenvalue weighted by molar-refractivity contribution is 4.97. The molecule has 0 saturated carbocycles. The Bertz CT molecular complexity index is 1300. The van der Waals surface area contributed by atoms with Gasteiger partial charge < -0.3 is 62.3 Å². The molecule has 0 aromatic heterocycles. The van der Waals surface area contributed by atoms with Crippen molar-refractivity contribution in [2.45, 2.75) is 238 Å². The lowest BCUT2D eigenvalue weighted by Crippen LogP contribution is -2.56. The maximum atomic E-state index is 10.5. The summed E-state index contributed by atoms with van der Waals surface area (Å²) in [6, 6.07) is 0. The SMILES string of the molecule is CCCC(CC)OCCC1(C)CC(CC)(CCO)OCC(COCC2(COC(C)(C)CCO)COC3(C)CCOC(C)CC(C)OCCC(C)(C3)OC2)(COC(C)(C)CCOC(C)C)CO1. The van der Waals surface area contributed by atoms with Crippen molar-refractivity contribution in [3.8, 4) is 0 Å². The van der Waals surface area contributed by atoms with Gasteiger partial charge in [-0.25, -0.2) is 0 Å². The molecule has 3 aliphatic rings. The summed E-state index contributed by atoms with van der Waals surface area (Å²) < 4.78 is 74.3. The predicted octanol–water partition coefficient (Wildman–Crippen LogP) is 9.42. The van der Waals surface area contributed by atoms with Crippen LogP contribution in [0, 0.1) is 10.8 Å². The van der Waals surface area contributed by atoms with Gasteiger partial charge in [0.05, 0.1) is 122 Å². The Kier molecular flexibility index (Phi) is 24.8. The average molecular weight is 947 g/mol. The van der Waals surface area contributed by atoms with Crippen LogP contribution in [-0.2, 0) is 52.1 Å². The summed E-state index contributed by atoms with van der Waals surface area (Å²) in [4.78, 5) is 0. The topological polar surface area (TPSA) is 142 Å². The molecule has 392 valence electrons. The van der Waals surface area contributed by atoms with Crippen LogP contribution in [0.1, 0.15) is 180 Å². The minimum atomic E-state index is -0.733. The van der Waals surface area contributed by atoms with E-state index in [2.05, 4.69) is 69.2 Å². The van der Waals surface area contributed by atoms with Gasteiger partial charge in [-0.05, 0) is 140 Å². The molecule has 0 aromatic carbocycles. The molecule has 0 aromatic rings. The highest BCUT2D eigenvalue weighted by Crippen LogP contribution is 2.43. The number of hydrogen-bond acceptors (Lipinski definition) is 13. The fourth-order valence-electron chi connectivity index (χ4n) is 9.57. The van der Waals surface area contributed by atoms with E-state index in [1.165, 1.54) is 0 Å². The van der Waals surface area contributed by atoms with Crippen LogP contribution in [0.4, 0.5) is 0 Å². The van der Waals surface area contributed by atoms with E-state index in [1.54, 1.807) is 0 Å². The molecule has 0 radical (unpaired) electrons. The van der Waals surface area contributed by atoms with E-state index in [1.807, 2.05) is 27.7 Å². The molecule has 3 rings (SSSR count). The molecule has 0 aliphatic carbocycles. The van der Waals surface area contributed by atoms with Crippen LogP contribution in [0.15, 0.2) is 0 Å². The molecule has 8 unspecified atom stereocenters. The lowest BCUT2D eigenvalue weighted by atomic mass is 9.80. The second-order valence-corrected chi connectivity index (χ2v) is 23.1. The molecule has 3 heterocycles. The van der Waals surface area contributed by atoms with Crippen LogP contribution < -0.4 is 0 Å². The van der Waals surface area contributed by atoms with Crippen LogP contribution in [0.2, 0.25) is 0 Å². The van der Waals surface area contributed by atoms with Gasteiger partial charge in [0.1, 0.15) is 0 Å². The molecule has 13 heteroatoms. The second-order valence-electron chi connectivity index (χ2n) is 23.1. The summed E-state index contributed by atoms with van der Waals surface area (Å²) in [7, 11) is 0. The Hall–Kier alpha value is -0.520. The highest BCUT2D eigenvalue weighted by atomic mass is 16.6. The zero-order valence-electron chi connectivity index (χ0n) is 44.8. The average Bonchev–Trinajstić information content (AvgIpc) is 3.22. The van der Waals surface area contributed by atoms with Crippen molar-refractivity contribution in [2.75, 3.05) is 92.5 Å². The fraction of sp³-hybridized carbons (Fsp3) is 1.00. The second kappa shape index (κ2) is 27.3. The van der Waals surface area contributed by atoms with Gasteiger partial charge in [-0.15, -0.1) is 0 Å². The summed E-state index contributed by atoms with van der Waals surface area (Å²) in [5.41, 5.74) is -4.89. The molecule has 13 nitrogen and oxygen atoms in total. The third kappa shape index (κ3) is 20.7. The number of fused-ring (bicyclic) bond motifs is 2. The third-order valence-corrected chi connectivity index (χ3v) is 14.5. The van der Waals surface area contributed by atoms with Crippen molar-refractivity contribution in [1.29, 1.82) is 0 Å². The van der Waals surface area contributed by atoms with Gasteiger partial charge in [0.25, 0.3) is 0 Å². The summed E-state index contributed by atoms with van der Waals surface area (Å²) >= 11 is 0. The van der Waals surface area contributed by atoms with Crippen molar-refractivity contribution >= 4 is 0 Å². The lowest BCUT2D eigenvalue weighted by Gasteiger charge is -2.49. The first-order valence-corrected chi connectivity index (χ1v) is 26.0. The Labute approximate surface area is 403 Å². The molecule has 2 bridgehead atoms. The lowest BCUT2D eigenvalue weighted by molar-refractivity contribution is -0.244. The molecule has 8 atom stereocenters. The van der Waals surface area contributed by atoms with Crippen LogP contribution in [0.3, 0.4) is 0 Å². The van der Waals surface area contributed by atoms with E-state index >= 15 is 0 Å². The Balaban J connectivity index is 2.04. The van der Waals surface area contributed by atoms with Crippen molar-refractivity contribution in [3.05, 3.63) is 0 Å². The quantitative estimate of drug-likeness (QED) is 0.0852. The van der Waals surface area contributed by atoms with Gasteiger partial charge in [0.15, 0.2) is 0 Å². The number of hydrogen-bond donors (Lipinski definition) is 2. The maximum absolute atomic E-state index is 10.5. The zero-order valence-corrected chi connectivity index (χ0v) is 44.8.